The van der Waals surface area contributed by atoms with Crippen LogP contribution in [0.25, 0.3) is 0 Å². The molecule has 8 heteroatoms. The zero-order chi connectivity index (χ0) is 25.1. The van der Waals surface area contributed by atoms with Crippen molar-refractivity contribution < 1.29 is 9.59 Å². The maximum absolute atomic E-state index is 13.5. The van der Waals surface area contributed by atoms with Crippen LogP contribution in [0.5, 0.6) is 0 Å². The zero-order valence-corrected chi connectivity index (χ0v) is 21.8. The Labute approximate surface area is 214 Å². The minimum absolute atomic E-state index is 0.00505. The van der Waals surface area contributed by atoms with Crippen LogP contribution in [0.15, 0.2) is 18.3 Å². The summed E-state index contributed by atoms with van der Waals surface area (Å²) in [4.78, 5) is 33.7. The van der Waals surface area contributed by atoms with Gasteiger partial charge in [-0.05, 0) is 82.8 Å². The maximum atomic E-state index is 13.5. The van der Waals surface area contributed by atoms with Crippen molar-refractivity contribution in [3.05, 3.63) is 41.0 Å². The van der Waals surface area contributed by atoms with Crippen LogP contribution in [0.1, 0.15) is 79.3 Å². The molecule has 2 aliphatic heterocycles. The van der Waals surface area contributed by atoms with E-state index in [1.165, 1.54) is 36.2 Å². The number of carbonyl (C=O) groups is 2. The summed E-state index contributed by atoms with van der Waals surface area (Å²) in [7, 11) is 0. The molecule has 2 aromatic rings. The Morgan fingerprint density at radius 2 is 1.81 bits per heavy atom. The first-order valence-corrected chi connectivity index (χ1v) is 13.8. The Kier molecular flexibility index (Phi) is 7.58. The van der Waals surface area contributed by atoms with E-state index in [4.69, 9.17) is 5.10 Å². The van der Waals surface area contributed by atoms with Gasteiger partial charge in [-0.25, -0.2) is 0 Å². The average molecular weight is 493 g/mol. The molecule has 0 spiro atoms. The molecule has 1 N–H and O–H groups in total. The predicted molar refractivity (Wildman–Crippen MR) is 140 cm³/mol. The lowest BCUT2D eigenvalue weighted by Gasteiger charge is -2.34. The van der Waals surface area contributed by atoms with Gasteiger partial charge in [0.15, 0.2) is 5.69 Å². The summed E-state index contributed by atoms with van der Waals surface area (Å²) in [5, 5.41) is 7.92. The fourth-order valence-electron chi connectivity index (χ4n) is 6.27. The van der Waals surface area contributed by atoms with E-state index in [-0.39, 0.29) is 17.9 Å². The highest BCUT2D eigenvalue weighted by atomic mass is 16.2. The Morgan fingerprint density at radius 1 is 1.06 bits per heavy atom. The van der Waals surface area contributed by atoms with Crippen LogP contribution >= 0.6 is 0 Å². The number of aromatic nitrogens is 3. The number of pyridine rings is 1. The highest BCUT2D eigenvalue weighted by Crippen LogP contribution is 2.30. The number of nitrogens with zero attached hydrogens (tertiary/aromatic N) is 5. The van der Waals surface area contributed by atoms with Gasteiger partial charge in [0.05, 0.1) is 11.4 Å². The molecule has 0 aromatic carbocycles. The van der Waals surface area contributed by atoms with E-state index in [1.54, 1.807) is 6.92 Å². The van der Waals surface area contributed by atoms with Crippen molar-refractivity contribution in [1.82, 2.24) is 25.0 Å². The third-order valence-electron chi connectivity index (χ3n) is 8.33. The number of fused-ring (bicyclic) bond motifs is 1. The summed E-state index contributed by atoms with van der Waals surface area (Å²) in [5.74, 6) is 0.771. The Balaban J connectivity index is 1.20. The lowest BCUT2D eigenvalue weighted by atomic mass is 9.92. The molecule has 2 saturated heterocycles. The molecular weight excluding hydrogens is 452 g/mol. The number of piperidine rings is 2. The topological polar surface area (TPSA) is 83.4 Å². The Morgan fingerprint density at radius 3 is 2.53 bits per heavy atom. The number of hydrogen-bond donors (Lipinski definition) is 1. The fraction of sp³-hybridized carbons (Fsp3) is 0.643. The second-order valence-electron chi connectivity index (χ2n) is 10.8. The molecule has 5 rings (SSSR count). The van der Waals surface area contributed by atoms with Crippen LogP contribution < -0.4 is 10.2 Å². The van der Waals surface area contributed by atoms with E-state index >= 15 is 0 Å². The summed E-state index contributed by atoms with van der Waals surface area (Å²) in [6.45, 7) is 8.06. The molecule has 194 valence electrons. The smallest absolute Gasteiger partial charge is 0.274 e. The first-order chi connectivity index (χ1) is 17.5. The van der Waals surface area contributed by atoms with Gasteiger partial charge in [-0.3, -0.25) is 19.3 Å². The van der Waals surface area contributed by atoms with Gasteiger partial charge >= 0.3 is 0 Å². The van der Waals surface area contributed by atoms with Crippen LogP contribution in [-0.2, 0) is 24.2 Å². The van der Waals surface area contributed by atoms with Crippen LogP contribution in [0.2, 0.25) is 0 Å². The number of likely N-dealkylation sites (tertiary alicyclic amines) is 1. The van der Waals surface area contributed by atoms with Crippen LogP contribution in [-0.4, -0.2) is 63.7 Å². The van der Waals surface area contributed by atoms with Crippen LogP contribution in [0.4, 0.5) is 5.69 Å². The van der Waals surface area contributed by atoms with Gasteiger partial charge in [0, 0.05) is 63.1 Å². The highest BCUT2D eigenvalue weighted by molar-refractivity contribution is 5.94. The average Bonchev–Trinajstić information content (AvgIpc) is 3.26. The minimum Gasteiger partial charge on any atom is -0.370 e. The molecule has 0 atom stereocenters. The highest BCUT2D eigenvalue weighted by Gasteiger charge is 2.31. The quantitative estimate of drug-likeness (QED) is 0.667. The Bertz CT molecular complexity index is 1080. The lowest BCUT2D eigenvalue weighted by molar-refractivity contribution is -0.119. The van der Waals surface area contributed by atoms with Crippen molar-refractivity contribution >= 4 is 17.5 Å². The molecule has 0 bridgehead atoms. The summed E-state index contributed by atoms with van der Waals surface area (Å²) in [6, 6.07) is 4.38. The second kappa shape index (κ2) is 11.0. The molecule has 2 aromatic heterocycles. The van der Waals surface area contributed by atoms with E-state index in [0.29, 0.717) is 24.7 Å². The second-order valence-corrected chi connectivity index (χ2v) is 10.8. The summed E-state index contributed by atoms with van der Waals surface area (Å²) < 4.78 is 2.17. The first-order valence-electron chi connectivity index (χ1n) is 13.8. The van der Waals surface area contributed by atoms with E-state index in [1.807, 2.05) is 17.2 Å². The molecular formula is C28H40N6O2. The van der Waals surface area contributed by atoms with Crippen molar-refractivity contribution in [3.8, 4) is 0 Å². The minimum atomic E-state index is 0.00505. The monoisotopic (exact) mass is 492 g/mol. The van der Waals surface area contributed by atoms with E-state index in [9.17, 15) is 9.59 Å². The number of rotatable bonds is 6. The molecule has 0 unspecified atom stereocenters. The third kappa shape index (κ3) is 5.42. The van der Waals surface area contributed by atoms with E-state index in [0.717, 1.165) is 63.9 Å². The largest absolute Gasteiger partial charge is 0.370 e. The van der Waals surface area contributed by atoms with Crippen molar-refractivity contribution in [3.63, 3.8) is 0 Å². The van der Waals surface area contributed by atoms with Gasteiger partial charge in [0.25, 0.3) is 5.91 Å². The zero-order valence-electron chi connectivity index (χ0n) is 21.8. The molecule has 1 aliphatic carbocycles. The number of hydrogen-bond acceptors (Lipinski definition) is 5. The van der Waals surface area contributed by atoms with Gasteiger partial charge < -0.3 is 15.1 Å². The van der Waals surface area contributed by atoms with E-state index < -0.39 is 0 Å². The SMILES string of the molecule is CC(=O)NC1CCN(C(=O)c2nn(CCC3CCN(c4cccnc4C)CC3)c3c2CCCC3)CC1. The molecule has 0 saturated carbocycles. The number of anilines is 1. The molecule has 36 heavy (non-hydrogen) atoms. The van der Waals surface area contributed by atoms with Crippen molar-refractivity contribution in [2.24, 2.45) is 5.92 Å². The Hall–Kier alpha value is -2.90. The van der Waals surface area contributed by atoms with Gasteiger partial charge in [-0.2, -0.15) is 5.10 Å². The number of aryl methyl sites for hydroxylation is 2. The molecule has 0 radical (unpaired) electrons. The lowest BCUT2D eigenvalue weighted by Crippen LogP contribution is -2.46. The first kappa shape index (κ1) is 24.8. The molecule has 3 aliphatic rings. The summed E-state index contributed by atoms with van der Waals surface area (Å²) >= 11 is 0. The number of nitrogens with one attached hydrogen (secondary N) is 1. The van der Waals surface area contributed by atoms with Crippen molar-refractivity contribution in [1.29, 1.82) is 0 Å². The van der Waals surface area contributed by atoms with Crippen molar-refractivity contribution in [2.75, 3.05) is 31.1 Å². The van der Waals surface area contributed by atoms with E-state index in [2.05, 4.69) is 32.9 Å². The molecule has 2 fully saturated rings. The molecule has 2 amide bonds. The van der Waals surface area contributed by atoms with Gasteiger partial charge in [-0.1, -0.05) is 0 Å². The van der Waals surface area contributed by atoms with Crippen LogP contribution in [0.3, 0.4) is 0 Å². The summed E-state index contributed by atoms with van der Waals surface area (Å²) in [5.41, 5.74) is 5.54. The van der Waals surface area contributed by atoms with Crippen LogP contribution in [0, 0.1) is 12.8 Å². The standard InChI is InChI=1S/C28H40N6O2/c1-20-25(8-5-14-29-20)32-15-9-22(10-16-32)11-19-34-26-7-4-3-6-24(26)27(31-34)28(36)33-17-12-23(13-18-33)30-21(2)35/h5,8,14,22-23H,3-4,6-7,9-13,15-19H2,1-2H3,(H,30,35). The van der Waals surface area contributed by atoms with Crippen molar-refractivity contribution in [2.45, 2.75) is 84.2 Å². The number of amides is 2. The molecule has 8 nitrogen and oxygen atoms in total. The maximum Gasteiger partial charge on any atom is 0.274 e. The van der Waals surface area contributed by atoms with Gasteiger partial charge in [0.1, 0.15) is 0 Å². The number of carbonyl (C=O) groups excluding carboxylic acids is 2. The normalized spacial score (nSPS) is 19.3. The fourth-order valence-corrected chi connectivity index (χ4v) is 6.27. The predicted octanol–water partition coefficient (Wildman–Crippen LogP) is 3.51. The van der Waals surface area contributed by atoms with Gasteiger partial charge in [0.2, 0.25) is 5.91 Å². The van der Waals surface area contributed by atoms with Gasteiger partial charge in [-0.15, -0.1) is 0 Å². The third-order valence-corrected chi connectivity index (χ3v) is 8.33. The molecule has 4 heterocycles. The summed E-state index contributed by atoms with van der Waals surface area (Å²) in [6.07, 6.45) is 11.3.